The van der Waals surface area contributed by atoms with Crippen LogP contribution in [0, 0.1) is 0 Å². The molecule has 0 radical (unpaired) electrons. The van der Waals surface area contributed by atoms with Crippen molar-refractivity contribution < 1.29 is 23.9 Å². The Morgan fingerprint density at radius 1 is 1.10 bits per heavy atom. The smallest absolute Gasteiger partial charge is 0.325 e. The number of likely N-dealkylation sites (N-methyl/N-ethyl adjacent to an activating group) is 1. The SMILES string of the molecule is CN(Cc1ccccc1)C(=O)CN1C(=O)N[C@](C)(c2ccc3c(c2)OCCO3)C1=O. The van der Waals surface area contributed by atoms with Crippen molar-refractivity contribution in [3.63, 3.8) is 0 Å². The van der Waals surface area contributed by atoms with Crippen LogP contribution in [0.2, 0.25) is 0 Å². The summed E-state index contributed by atoms with van der Waals surface area (Å²) < 4.78 is 11.1. The Bertz CT molecular complexity index is 994. The third-order valence-corrected chi connectivity index (χ3v) is 5.38. The average Bonchev–Trinajstić information content (AvgIpc) is 2.98. The van der Waals surface area contributed by atoms with Crippen LogP contribution < -0.4 is 14.8 Å². The molecule has 1 fully saturated rings. The van der Waals surface area contributed by atoms with Crippen LogP contribution >= 0.6 is 0 Å². The number of amides is 4. The van der Waals surface area contributed by atoms with E-state index in [1.807, 2.05) is 30.3 Å². The highest BCUT2D eigenvalue weighted by atomic mass is 16.6. The number of ether oxygens (including phenoxy) is 2. The zero-order valence-corrected chi connectivity index (χ0v) is 16.9. The maximum absolute atomic E-state index is 13.1. The van der Waals surface area contributed by atoms with Gasteiger partial charge in [0.25, 0.3) is 5.91 Å². The number of fused-ring (bicyclic) bond motifs is 1. The van der Waals surface area contributed by atoms with Crippen molar-refractivity contribution in [3.05, 3.63) is 59.7 Å². The average molecular weight is 409 g/mol. The molecule has 0 aliphatic carbocycles. The lowest BCUT2D eigenvalue weighted by Gasteiger charge is -2.25. The van der Waals surface area contributed by atoms with Crippen LogP contribution in [-0.2, 0) is 21.7 Å². The summed E-state index contributed by atoms with van der Waals surface area (Å²) in [7, 11) is 1.65. The molecule has 0 bridgehead atoms. The Kier molecular flexibility index (Phi) is 5.07. The van der Waals surface area contributed by atoms with E-state index in [-0.39, 0.29) is 12.5 Å². The molecule has 2 aromatic carbocycles. The minimum Gasteiger partial charge on any atom is -0.486 e. The zero-order valence-electron chi connectivity index (χ0n) is 16.9. The number of rotatable bonds is 5. The summed E-state index contributed by atoms with van der Waals surface area (Å²) in [5, 5.41) is 2.72. The number of carbonyl (C=O) groups is 3. The molecule has 2 aliphatic rings. The second kappa shape index (κ2) is 7.70. The molecule has 0 unspecified atom stereocenters. The van der Waals surface area contributed by atoms with E-state index >= 15 is 0 Å². The van der Waals surface area contributed by atoms with Crippen LogP contribution in [0.1, 0.15) is 18.1 Å². The topological polar surface area (TPSA) is 88.2 Å². The first kappa shape index (κ1) is 19.8. The van der Waals surface area contributed by atoms with E-state index in [1.165, 1.54) is 4.90 Å². The second-order valence-electron chi connectivity index (χ2n) is 7.54. The minimum absolute atomic E-state index is 0.325. The van der Waals surface area contributed by atoms with Gasteiger partial charge in [-0.1, -0.05) is 36.4 Å². The molecule has 1 atom stereocenters. The lowest BCUT2D eigenvalue weighted by atomic mass is 9.91. The maximum Gasteiger partial charge on any atom is 0.325 e. The lowest BCUT2D eigenvalue weighted by molar-refractivity contribution is -0.138. The molecule has 0 aromatic heterocycles. The molecule has 2 aliphatic heterocycles. The highest BCUT2D eigenvalue weighted by Crippen LogP contribution is 2.36. The van der Waals surface area contributed by atoms with Crippen molar-refractivity contribution in [1.82, 2.24) is 15.1 Å². The van der Waals surface area contributed by atoms with Crippen molar-refractivity contribution >= 4 is 17.8 Å². The maximum atomic E-state index is 13.1. The van der Waals surface area contributed by atoms with Gasteiger partial charge in [0, 0.05) is 13.6 Å². The second-order valence-corrected chi connectivity index (χ2v) is 7.54. The molecule has 4 rings (SSSR count). The minimum atomic E-state index is -1.29. The third-order valence-electron chi connectivity index (χ3n) is 5.38. The number of urea groups is 1. The van der Waals surface area contributed by atoms with Gasteiger partial charge in [-0.25, -0.2) is 4.79 Å². The normalized spacial score (nSPS) is 20.1. The molecule has 156 valence electrons. The van der Waals surface area contributed by atoms with Crippen molar-refractivity contribution in [2.45, 2.75) is 19.0 Å². The van der Waals surface area contributed by atoms with Gasteiger partial charge in [0.15, 0.2) is 11.5 Å². The molecule has 1 saturated heterocycles. The first-order chi connectivity index (χ1) is 14.4. The van der Waals surface area contributed by atoms with Crippen molar-refractivity contribution in [2.24, 2.45) is 0 Å². The van der Waals surface area contributed by atoms with E-state index < -0.39 is 17.5 Å². The van der Waals surface area contributed by atoms with E-state index in [0.29, 0.717) is 36.8 Å². The van der Waals surface area contributed by atoms with E-state index in [1.54, 1.807) is 32.2 Å². The van der Waals surface area contributed by atoms with Gasteiger partial charge in [-0.2, -0.15) is 0 Å². The fourth-order valence-electron chi connectivity index (χ4n) is 3.59. The summed E-state index contributed by atoms with van der Waals surface area (Å²) in [6.45, 7) is 2.57. The fourth-order valence-corrected chi connectivity index (χ4v) is 3.59. The van der Waals surface area contributed by atoms with Gasteiger partial charge >= 0.3 is 6.03 Å². The molecule has 2 aromatic rings. The number of hydrogen-bond donors (Lipinski definition) is 1. The number of carbonyl (C=O) groups excluding carboxylic acids is 3. The third kappa shape index (κ3) is 3.56. The van der Waals surface area contributed by atoms with Gasteiger partial charge in [0.05, 0.1) is 0 Å². The van der Waals surface area contributed by atoms with E-state index in [9.17, 15) is 14.4 Å². The Labute approximate surface area is 174 Å². The number of nitrogens with one attached hydrogen (secondary N) is 1. The molecule has 30 heavy (non-hydrogen) atoms. The van der Waals surface area contributed by atoms with E-state index in [4.69, 9.17) is 9.47 Å². The van der Waals surface area contributed by atoms with Crippen LogP contribution in [0.4, 0.5) is 4.79 Å². The Morgan fingerprint density at radius 3 is 2.53 bits per heavy atom. The summed E-state index contributed by atoms with van der Waals surface area (Å²) in [6.07, 6.45) is 0. The van der Waals surface area contributed by atoms with E-state index in [2.05, 4.69) is 5.32 Å². The van der Waals surface area contributed by atoms with Gasteiger partial charge in [-0.15, -0.1) is 0 Å². The van der Waals surface area contributed by atoms with Crippen molar-refractivity contribution in [3.8, 4) is 11.5 Å². The molecular formula is C22H23N3O5. The number of nitrogens with zero attached hydrogens (tertiary/aromatic N) is 2. The summed E-state index contributed by atoms with van der Waals surface area (Å²) >= 11 is 0. The Hall–Kier alpha value is -3.55. The lowest BCUT2D eigenvalue weighted by Crippen LogP contribution is -2.43. The molecular weight excluding hydrogens is 386 g/mol. The van der Waals surface area contributed by atoms with Crippen molar-refractivity contribution in [1.29, 1.82) is 0 Å². The summed E-state index contributed by atoms with van der Waals surface area (Å²) in [4.78, 5) is 40.8. The standard InChI is InChI=1S/C22H23N3O5/c1-22(16-8-9-17-18(12-16)30-11-10-29-17)20(27)25(21(28)23-22)14-19(26)24(2)13-15-6-4-3-5-7-15/h3-9,12H,10-11,13-14H2,1-2H3,(H,23,28)/t22-/m1/s1. The first-order valence-corrected chi connectivity index (χ1v) is 9.70. The van der Waals surface area contributed by atoms with Crippen LogP contribution in [0.25, 0.3) is 0 Å². The van der Waals surface area contributed by atoms with Gasteiger partial charge in [0.2, 0.25) is 5.91 Å². The van der Waals surface area contributed by atoms with E-state index in [0.717, 1.165) is 10.5 Å². The highest BCUT2D eigenvalue weighted by molar-refractivity contribution is 6.09. The molecule has 4 amide bonds. The number of imide groups is 1. The molecule has 2 heterocycles. The number of hydrogen-bond acceptors (Lipinski definition) is 5. The largest absolute Gasteiger partial charge is 0.486 e. The first-order valence-electron chi connectivity index (χ1n) is 9.70. The summed E-state index contributed by atoms with van der Waals surface area (Å²) in [5.41, 5.74) is 0.245. The van der Waals surface area contributed by atoms with Gasteiger partial charge in [0.1, 0.15) is 25.3 Å². The van der Waals surface area contributed by atoms with Gasteiger partial charge in [-0.3, -0.25) is 14.5 Å². The predicted molar refractivity (Wildman–Crippen MR) is 108 cm³/mol. The molecule has 0 spiro atoms. The predicted octanol–water partition coefficient (Wildman–Crippen LogP) is 1.88. The number of benzene rings is 2. The van der Waals surface area contributed by atoms with Crippen LogP contribution in [-0.4, -0.2) is 54.5 Å². The highest BCUT2D eigenvalue weighted by Gasteiger charge is 2.50. The molecule has 8 heteroatoms. The van der Waals surface area contributed by atoms with Crippen LogP contribution in [0.5, 0.6) is 11.5 Å². The molecule has 8 nitrogen and oxygen atoms in total. The van der Waals surface area contributed by atoms with Crippen LogP contribution in [0.3, 0.4) is 0 Å². The molecule has 1 N–H and O–H groups in total. The van der Waals surface area contributed by atoms with Crippen LogP contribution in [0.15, 0.2) is 48.5 Å². The Morgan fingerprint density at radius 2 is 1.80 bits per heavy atom. The fraction of sp³-hybridized carbons (Fsp3) is 0.318. The Balaban J connectivity index is 1.49. The summed E-state index contributed by atoms with van der Waals surface area (Å²) in [5.74, 6) is 0.318. The van der Waals surface area contributed by atoms with Crippen molar-refractivity contribution in [2.75, 3.05) is 26.8 Å². The van der Waals surface area contributed by atoms with Gasteiger partial charge in [-0.05, 0) is 30.2 Å². The quantitative estimate of drug-likeness (QED) is 0.762. The zero-order chi connectivity index (χ0) is 21.3. The summed E-state index contributed by atoms with van der Waals surface area (Å²) in [6, 6.07) is 14.0. The van der Waals surface area contributed by atoms with Gasteiger partial charge < -0.3 is 19.7 Å². The molecule has 0 saturated carbocycles. The monoisotopic (exact) mass is 409 g/mol.